The third kappa shape index (κ3) is 4.65. The van der Waals surface area contributed by atoms with Gasteiger partial charge < -0.3 is 26.2 Å². The third-order valence-electron chi connectivity index (χ3n) is 5.68. The molecule has 29 heavy (non-hydrogen) atoms. The third-order valence-corrected chi connectivity index (χ3v) is 6.40. The molecule has 2 fully saturated rings. The summed E-state index contributed by atoms with van der Waals surface area (Å²) in [6.07, 6.45) is 0. The number of hydrogen-bond donors (Lipinski definition) is 3. The number of nitrogen functional groups attached to an aromatic ring is 1. The van der Waals surface area contributed by atoms with Crippen molar-refractivity contribution in [2.24, 2.45) is 0 Å². The first-order valence-corrected chi connectivity index (χ1v) is 11.2. The molecule has 0 aliphatic carbocycles. The molecule has 4 N–H and O–H groups in total. The van der Waals surface area contributed by atoms with Crippen LogP contribution < -0.4 is 26.2 Å². The number of anilines is 3. The van der Waals surface area contributed by atoms with Crippen molar-refractivity contribution in [1.29, 1.82) is 0 Å². The highest BCUT2D eigenvalue weighted by atomic mass is 79.9. The quantitative estimate of drug-likeness (QED) is 0.647. The molecule has 2 aliphatic heterocycles. The monoisotopic (exact) mass is 459 g/mol. The van der Waals surface area contributed by atoms with E-state index in [1.165, 1.54) is 11.3 Å². The van der Waals surface area contributed by atoms with Crippen molar-refractivity contribution in [1.82, 2.24) is 20.6 Å². The molecule has 8 heteroatoms. The van der Waals surface area contributed by atoms with Gasteiger partial charge in [-0.25, -0.2) is 4.98 Å². The lowest BCUT2D eigenvalue weighted by molar-refractivity contribution is 0.468. The minimum absolute atomic E-state index is 0.222. The van der Waals surface area contributed by atoms with E-state index in [0.717, 1.165) is 61.8 Å². The van der Waals surface area contributed by atoms with Crippen LogP contribution in [0.3, 0.4) is 0 Å². The van der Waals surface area contributed by atoms with Crippen molar-refractivity contribution in [2.45, 2.75) is 25.8 Å². The number of nitrogens with zero attached hydrogens (tertiary/aromatic N) is 4. The van der Waals surface area contributed by atoms with Crippen molar-refractivity contribution in [2.75, 3.05) is 61.3 Å². The molecule has 0 radical (unpaired) electrons. The lowest BCUT2D eigenvalue weighted by Crippen LogP contribution is -2.46. The van der Waals surface area contributed by atoms with Crippen LogP contribution in [0.15, 0.2) is 28.7 Å². The molecular formula is C21H30BrN7. The fraction of sp³-hybridized carbons (Fsp3) is 0.524. The van der Waals surface area contributed by atoms with E-state index in [-0.39, 0.29) is 6.04 Å². The van der Waals surface area contributed by atoms with Gasteiger partial charge in [0, 0.05) is 62.0 Å². The highest BCUT2D eigenvalue weighted by Gasteiger charge is 2.25. The largest absolute Gasteiger partial charge is 0.369 e. The van der Waals surface area contributed by atoms with Gasteiger partial charge in [0.25, 0.3) is 0 Å². The Balaban J connectivity index is 1.57. The standard InChI is InChI=1S/C21H30BrN7/c1-14(2)18-12-20(27-21(23)26-18)29-10-7-25-19(13-29)16-11-15(3-4-17(16)22)28-8-5-24-6-9-28/h3-4,11-12,14,19,24-25H,5-10,13H2,1-2H3,(H2,23,26,27). The summed E-state index contributed by atoms with van der Waals surface area (Å²) < 4.78 is 1.14. The second-order valence-electron chi connectivity index (χ2n) is 8.06. The van der Waals surface area contributed by atoms with Gasteiger partial charge in [-0.3, -0.25) is 0 Å². The van der Waals surface area contributed by atoms with Gasteiger partial charge in [-0.1, -0.05) is 29.8 Å². The number of rotatable bonds is 4. The predicted molar refractivity (Wildman–Crippen MR) is 123 cm³/mol. The van der Waals surface area contributed by atoms with Crippen molar-refractivity contribution in [3.63, 3.8) is 0 Å². The Morgan fingerprint density at radius 3 is 2.59 bits per heavy atom. The SMILES string of the molecule is CC(C)c1cc(N2CCNC(c3cc(N4CCNCC4)ccc3Br)C2)nc(N)n1. The van der Waals surface area contributed by atoms with E-state index in [4.69, 9.17) is 5.73 Å². The zero-order valence-corrected chi connectivity index (χ0v) is 18.7. The molecule has 2 aromatic rings. The maximum Gasteiger partial charge on any atom is 0.222 e. The molecule has 1 aromatic carbocycles. The average molecular weight is 460 g/mol. The van der Waals surface area contributed by atoms with Gasteiger partial charge >= 0.3 is 0 Å². The fourth-order valence-corrected chi connectivity index (χ4v) is 4.54. The molecule has 1 unspecified atom stereocenters. The number of nitrogens with one attached hydrogen (secondary N) is 2. The van der Waals surface area contributed by atoms with Gasteiger partial charge in [0.15, 0.2) is 0 Å². The zero-order valence-electron chi connectivity index (χ0n) is 17.2. The topological polar surface area (TPSA) is 82.3 Å². The Kier molecular flexibility index (Phi) is 6.22. The molecule has 2 saturated heterocycles. The van der Waals surface area contributed by atoms with Crippen molar-refractivity contribution in [3.05, 3.63) is 40.0 Å². The molecule has 3 heterocycles. The van der Waals surface area contributed by atoms with Gasteiger partial charge in [0.2, 0.25) is 5.95 Å². The van der Waals surface area contributed by atoms with Crippen LogP contribution >= 0.6 is 15.9 Å². The van der Waals surface area contributed by atoms with E-state index in [9.17, 15) is 0 Å². The van der Waals surface area contributed by atoms with E-state index in [1.807, 2.05) is 0 Å². The second-order valence-corrected chi connectivity index (χ2v) is 8.91. The van der Waals surface area contributed by atoms with Gasteiger partial charge in [-0.05, 0) is 29.7 Å². The highest BCUT2D eigenvalue weighted by molar-refractivity contribution is 9.10. The number of benzene rings is 1. The first-order chi connectivity index (χ1) is 14.0. The predicted octanol–water partition coefficient (Wildman–Crippen LogP) is 2.51. The van der Waals surface area contributed by atoms with Crippen LogP contribution in [-0.2, 0) is 0 Å². The maximum absolute atomic E-state index is 5.99. The molecule has 156 valence electrons. The molecule has 1 atom stereocenters. The van der Waals surface area contributed by atoms with Crippen LogP contribution in [-0.4, -0.2) is 55.8 Å². The molecule has 0 saturated carbocycles. The van der Waals surface area contributed by atoms with Gasteiger partial charge in [0.05, 0.1) is 11.7 Å². The van der Waals surface area contributed by atoms with Crippen LogP contribution in [0.25, 0.3) is 0 Å². The molecule has 0 bridgehead atoms. The van der Waals surface area contributed by atoms with Crippen LogP contribution in [0, 0.1) is 0 Å². The molecule has 0 spiro atoms. The number of halogens is 1. The molecule has 4 rings (SSSR count). The number of hydrogen-bond acceptors (Lipinski definition) is 7. The summed E-state index contributed by atoms with van der Waals surface area (Å²) in [5, 5.41) is 7.10. The summed E-state index contributed by atoms with van der Waals surface area (Å²) in [4.78, 5) is 13.7. The first-order valence-electron chi connectivity index (χ1n) is 10.4. The summed E-state index contributed by atoms with van der Waals surface area (Å²) in [6, 6.07) is 9.01. The Morgan fingerprint density at radius 2 is 1.83 bits per heavy atom. The van der Waals surface area contributed by atoms with Crippen LogP contribution in [0.5, 0.6) is 0 Å². The van der Waals surface area contributed by atoms with Crippen LogP contribution in [0.1, 0.15) is 37.1 Å². The zero-order chi connectivity index (χ0) is 20.4. The first kappa shape index (κ1) is 20.4. The Hall–Kier alpha value is -1.90. The summed E-state index contributed by atoms with van der Waals surface area (Å²) in [5.41, 5.74) is 9.56. The number of aromatic nitrogens is 2. The Morgan fingerprint density at radius 1 is 1.07 bits per heavy atom. The lowest BCUT2D eigenvalue weighted by atomic mass is 10.0. The molecular weight excluding hydrogens is 430 g/mol. The number of piperazine rings is 2. The molecule has 2 aliphatic rings. The Labute approximate surface area is 181 Å². The van der Waals surface area contributed by atoms with Gasteiger partial charge in [-0.15, -0.1) is 0 Å². The smallest absolute Gasteiger partial charge is 0.222 e. The van der Waals surface area contributed by atoms with Crippen molar-refractivity contribution in [3.8, 4) is 0 Å². The van der Waals surface area contributed by atoms with E-state index in [1.54, 1.807) is 0 Å². The average Bonchev–Trinajstić information content (AvgIpc) is 2.74. The normalized spacial score (nSPS) is 20.3. The minimum Gasteiger partial charge on any atom is -0.369 e. The fourth-order valence-electron chi connectivity index (χ4n) is 4.01. The van der Waals surface area contributed by atoms with Crippen LogP contribution in [0.2, 0.25) is 0 Å². The van der Waals surface area contributed by atoms with E-state index >= 15 is 0 Å². The Bertz CT molecular complexity index is 851. The second kappa shape index (κ2) is 8.85. The summed E-state index contributed by atoms with van der Waals surface area (Å²) in [6.45, 7) is 11.1. The van der Waals surface area contributed by atoms with Gasteiger partial charge in [-0.2, -0.15) is 4.98 Å². The van der Waals surface area contributed by atoms with Crippen molar-refractivity contribution >= 4 is 33.4 Å². The maximum atomic E-state index is 5.99. The van der Waals surface area contributed by atoms with E-state index in [0.29, 0.717) is 11.9 Å². The molecule has 1 aromatic heterocycles. The number of nitrogens with two attached hydrogens (primary N) is 1. The molecule has 7 nitrogen and oxygen atoms in total. The highest BCUT2D eigenvalue weighted by Crippen LogP contribution is 2.31. The van der Waals surface area contributed by atoms with E-state index < -0.39 is 0 Å². The van der Waals surface area contributed by atoms with Gasteiger partial charge in [0.1, 0.15) is 5.82 Å². The summed E-state index contributed by atoms with van der Waals surface area (Å²) in [5.74, 6) is 1.59. The minimum atomic E-state index is 0.222. The van der Waals surface area contributed by atoms with Crippen molar-refractivity contribution < 1.29 is 0 Å². The summed E-state index contributed by atoms with van der Waals surface area (Å²) in [7, 11) is 0. The van der Waals surface area contributed by atoms with E-state index in [2.05, 4.69) is 84.4 Å². The summed E-state index contributed by atoms with van der Waals surface area (Å²) >= 11 is 3.77. The van der Waals surface area contributed by atoms with Crippen LogP contribution in [0.4, 0.5) is 17.5 Å². The molecule has 0 amide bonds. The lowest BCUT2D eigenvalue weighted by Gasteiger charge is -2.36.